The van der Waals surface area contributed by atoms with E-state index in [0.717, 1.165) is 22.2 Å². The van der Waals surface area contributed by atoms with Crippen molar-refractivity contribution in [2.45, 2.75) is 20.0 Å². The molecule has 0 aliphatic rings. The number of aliphatic hydroxyl groups is 1. The Morgan fingerprint density at radius 2 is 1.55 bits per heavy atom. The minimum atomic E-state index is -0.697. The quantitative estimate of drug-likeness (QED) is 0.668. The molecule has 20 heavy (non-hydrogen) atoms. The number of imidazole rings is 1. The molecule has 0 aliphatic heterocycles. The molecule has 3 rings (SSSR count). The van der Waals surface area contributed by atoms with E-state index in [1.165, 1.54) is 5.56 Å². The molecule has 0 radical (unpaired) electrons. The van der Waals surface area contributed by atoms with Crippen molar-refractivity contribution in [3.05, 3.63) is 69.1 Å². The van der Waals surface area contributed by atoms with Crippen LogP contribution < -0.4 is 5.69 Å². The van der Waals surface area contributed by atoms with Gasteiger partial charge < -0.3 is 15.1 Å². The molecule has 0 saturated carbocycles. The van der Waals surface area contributed by atoms with Crippen LogP contribution in [0.5, 0.6) is 0 Å². The summed E-state index contributed by atoms with van der Waals surface area (Å²) in [5.41, 5.74) is 5.17. The maximum absolute atomic E-state index is 11.2. The van der Waals surface area contributed by atoms with Gasteiger partial charge in [0.05, 0.1) is 11.0 Å². The lowest BCUT2D eigenvalue weighted by Crippen LogP contribution is -2.00. The Morgan fingerprint density at radius 1 is 0.900 bits per heavy atom. The van der Waals surface area contributed by atoms with Gasteiger partial charge in [0.1, 0.15) is 6.10 Å². The number of aromatic amines is 2. The molecule has 0 saturated heterocycles. The standard InChI is InChI=1S/C16H16N2O2/c1-9-3-4-11(7-10(9)2)15(19)12-5-6-13-14(8-12)18-16(20)17-13/h3-8,15,19H,1-2H3,(H2,17,18,20). The molecule has 102 valence electrons. The Morgan fingerprint density at radius 3 is 2.30 bits per heavy atom. The molecule has 2 aromatic carbocycles. The minimum Gasteiger partial charge on any atom is -0.384 e. The van der Waals surface area contributed by atoms with Crippen LogP contribution in [0.2, 0.25) is 0 Å². The van der Waals surface area contributed by atoms with Gasteiger partial charge in [-0.25, -0.2) is 4.79 Å². The first-order valence-electron chi connectivity index (χ1n) is 6.52. The second-order valence-electron chi connectivity index (χ2n) is 5.13. The number of hydrogen-bond donors (Lipinski definition) is 3. The topological polar surface area (TPSA) is 68.9 Å². The fraction of sp³-hybridized carbons (Fsp3) is 0.188. The Bertz CT molecular complexity index is 830. The molecule has 0 aliphatic carbocycles. The number of fused-ring (bicyclic) bond motifs is 1. The number of nitrogens with one attached hydrogen (secondary N) is 2. The Hall–Kier alpha value is -2.33. The van der Waals surface area contributed by atoms with Gasteiger partial charge in [-0.1, -0.05) is 24.3 Å². The van der Waals surface area contributed by atoms with Crippen LogP contribution in [0.25, 0.3) is 11.0 Å². The van der Waals surface area contributed by atoms with Gasteiger partial charge in [0.25, 0.3) is 0 Å². The summed E-state index contributed by atoms with van der Waals surface area (Å²) in [4.78, 5) is 16.6. The Labute approximate surface area is 116 Å². The van der Waals surface area contributed by atoms with Crippen LogP contribution in [0.4, 0.5) is 0 Å². The SMILES string of the molecule is Cc1ccc(C(O)c2ccc3[nH]c(=O)[nH]c3c2)cc1C. The predicted octanol–water partition coefficient (Wildman–Crippen LogP) is 2.55. The summed E-state index contributed by atoms with van der Waals surface area (Å²) in [6, 6.07) is 11.3. The van der Waals surface area contributed by atoms with Crippen LogP contribution in [0.15, 0.2) is 41.2 Å². The second-order valence-corrected chi connectivity index (χ2v) is 5.13. The number of benzene rings is 2. The summed E-state index contributed by atoms with van der Waals surface area (Å²) in [5, 5.41) is 10.5. The summed E-state index contributed by atoms with van der Waals surface area (Å²) >= 11 is 0. The molecule has 1 atom stereocenters. The number of aliphatic hydroxyl groups excluding tert-OH is 1. The van der Waals surface area contributed by atoms with Gasteiger partial charge in [0.15, 0.2) is 0 Å². The monoisotopic (exact) mass is 268 g/mol. The van der Waals surface area contributed by atoms with Crippen molar-refractivity contribution in [3.8, 4) is 0 Å². The van der Waals surface area contributed by atoms with Crippen molar-refractivity contribution in [1.29, 1.82) is 0 Å². The Kier molecular flexibility index (Phi) is 2.95. The molecule has 1 aromatic heterocycles. The van der Waals surface area contributed by atoms with Crippen molar-refractivity contribution >= 4 is 11.0 Å². The largest absolute Gasteiger partial charge is 0.384 e. The third-order valence-corrected chi connectivity index (χ3v) is 3.70. The first-order valence-corrected chi connectivity index (χ1v) is 6.52. The van der Waals surface area contributed by atoms with Gasteiger partial charge in [-0.3, -0.25) is 0 Å². The molecule has 1 unspecified atom stereocenters. The van der Waals surface area contributed by atoms with Crippen LogP contribution in [0, 0.1) is 13.8 Å². The van der Waals surface area contributed by atoms with E-state index in [9.17, 15) is 9.90 Å². The number of aromatic nitrogens is 2. The Balaban J connectivity index is 2.04. The highest BCUT2D eigenvalue weighted by molar-refractivity contribution is 5.75. The molecule has 0 bridgehead atoms. The number of H-pyrrole nitrogens is 2. The smallest absolute Gasteiger partial charge is 0.323 e. The average Bonchev–Trinajstić information content (AvgIpc) is 2.80. The van der Waals surface area contributed by atoms with E-state index < -0.39 is 6.10 Å². The first-order chi connectivity index (χ1) is 9.54. The van der Waals surface area contributed by atoms with Crippen molar-refractivity contribution in [2.24, 2.45) is 0 Å². The van der Waals surface area contributed by atoms with Crippen molar-refractivity contribution in [1.82, 2.24) is 9.97 Å². The lowest BCUT2D eigenvalue weighted by molar-refractivity contribution is 0.220. The first kappa shape index (κ1) is 12.7. The highest BCUT2D eigenvalue weighted by Gasteiger charge is 2.12. The van der Waals surface area contributed by atoms with Gasteiger partial charge in [-0.05, 0) is 48.2 Å². The molecular formula is C16H16N2O2. The molecule has 4 nitrogen and oxygen atoms in total. The summed E-state index contributed by atoms with van der Waals surface area (Å²) in [7, 11) is 0. The zero-order chi connectivity index (χ0) is 14.3. The van der Waals surface area contributed by atoms with Crippen molar-refractivity contribution in [3.63, 3.8) is 0 Å². The van der Waals surface area contributed by atoms with Gasteiger partial charge in [0, 0.05) is 0 Å². The number of hydrogen-bond acceptors (Lipinski definition) is 2. The van der Waals surface area contributed by atoms with Gasteiger partial charge >= 0.3 is 5.69 Å². The minimum absolute atomic E-state index is 0.238. The zero-order valence-corrected chi connectivity index (χ0v) is 11.4. The van der Waals surface area contributed by atoms with E-state index in [1.807, 2.05) is 38.1 Å². The van der Waals surface area contributed by atoms with Crippen LogP contribution in [-0.2, 0) is 0 Å². The van der Waals surface area contributed by atoms with Crippen molar-refractivity contribution < 1.29 is 5.11 Å². The third-order valence-electron chi connectivity index (χ3n) is 3.70. The molecule has 0 amide bonds. The highest BCUT2D eigenvalue weighted by Crippen LogP contribution is 2.25. The summed E-state index contributed by atoms with van der Waals surface area (Å²) < 4.78 is 0. The molecule has 0 spiro atoms. The summed E-state index contributed by atoms with van der Waals surface area (Å²) in [6.45, 7) is 4.07. The number of rotatable bonds is 2. The van der Waals surface area contributed by atoms with Crippen LogP contribution in [-0.4, -0.2) is 15.1 Å². The van der Waals surface area contributed by atoms with E-state index in [-0.39, 0.29) is 5.69 Å². The summed E-state index contributed by atoms with van der Waals surface area (Å²) in [5.74, 6) is 0. The van der Waals surface area contributed by atoms with E-state index in [0.29, 0.717) is 5.52 Å². The molecular weight excluding hydrogens is 252 g/mol. The van der Waals surface area contributed by atoms with Gasteiger partial charge in [0.2, 0.25) is 0 Å². The van der Waals surface area contributed by atoms with E-state index >= 15 is 0 Å². The fourth-order valence-corrected chi connectivity index (χ4v) is 2.35. The van der Waals surface area contributed by atoms with E-state index in [4.69, 9.17) is 0 Å². The third kappa shape index (κ3) is 2.14. The van der Waals surface area contributed by atoms with E-state index in [1.54, 1.807) is 12.1 Å². The molecule has 4 heteroatoms. The molecule has 3 aromatic rings. The van der Waals surface area contributed by atoms with Gasteiger partial charge in [-0.2, -0.15) is 0 Å². The fourth-order valence-electron chi connectivity index (χ4n) is 2.35. The van der Waals surface area contributed by atoms with Crippen LogP contribution in [0.3, 0.4) is 0 Å². The maximum Gasteiger partial charge on any atom is 0.323 e. The second kappa shape index (κ2) is 4.65. The van der Waals surface area contributed by atoms with Crippen LogP contribution in [0.1, 0.15) is 28.4 Å². The number of aryl methyl sites for hydroxylation is 2. The lowest BCUT2D eigenvalue weighted by atomic mass is 9.98. The average molecular weight is 268 g/mol. The lowest BCUT2D eigenvalue weighted by Gasteiger charge is -2.13. The predicted molar refractivity (Wildman–Crippen MR) is 78.9 cm³/mol. The highest BCUT2D eigenvalue weighted by atomic mass is 16.3. The van der Waals surface area contributed by atoms with Crippen LogP contribution >= 0.6 is 0 Å². The van der Waals surface area contributed by atoms with Gasteiger partial charge in [-0.15, -0.1) is 0 Å². The maximum atomic E-state index is 11.2. The zero-order valence-electron chi connectivity index (χ0n) is 11.4. The van der Waals surface area contributed by atoms with Crippen molar-refractivity contribution in [2.75, 3.05) is 0 Å². The summed E-state index contributed by atoms with van der Waals surface area (Å²) in [6.07, 6.45) is -0.697. The molecule has 1 heterocycles. The molecule has 3 N–H and O–H groups in total. The van der Waals surface area contributed by atoms with E-state index in [2.05, 4.69) is 9.97 Å². The normalized spacial score (nSPS) is 12.8. The molecule has 0 fully saturated rings.